The van der Waals surface area contributed by atoms with Gasteiger partial charge in [-0.05, 0) is 50.1 Å². The molecular weight excluding hydrogens is 352 g/mol. The third kappa shape index (κ3) is 5.54. The molecule has 0 aliphatic heterocycles. The molecule has 1 aromatic heterocycles. The first-order valence-electron chi connectivity index (χ1n) is 9.31. The van der Waals surface area contributed by atoms with Crippen LogP contribution in [-0.4, -0.2) is 29.1 Å². The van der Waals surface area contributed by atoms with Crippen LogP contribution in [0, 0.1) is 6.92 Å². The number of carbonyl (C=O) groups excluding carboxylic acids is 1. The van der Waals surface area contributed by atoms with E-state index in [0.717, 1.165) is 24.5 Å². The van der Waals surface area contributed by atoms with Crippen LogP contribution in [0.4, 0.5) is 17.3 Å². The number of nitrogens with zero attached hydrogens (tertiary/aromatic N) is 2. The minimum absolute atomic E-state index is 0.322. The van der Waals surface area contributed by atoms with E-state index in [-0.39, 0.29) is 5.97 Å². The summed E-state index contributed by atoms with van der Waals surface area (Å²) in [6.45, 7) is 4.79. The predicted octanol–water partition coefficient (Wildman–Crippen LogP) is 4.36. The van der Waals surface area contributed by atoms with E-state index in [2.05, 4.69) is 32.7 Å². The van der Waals surface area contributed by atoms with Gasteiger partial charge >= 0.3 is 5.97 Å². The number of hydrogen-bond acceptors (Lipinski definition) is 6. The summed E-state index contributed by atoms with van der Waals surface area (Å²) < 4.78 is 5.00. The van der Waals surface area contributed by atoms with Crippen LogP contribution in [0.15, 0.2) is 60.7 Å². The van der Waals surface area contributed by atoms with Gasteiger partial charge in [0.05, 0.1) is 12.2 Å². The zero-order valence-electron chi connectivity index (χ0n) is 16.1. The second-order valence-corrected chi connectivity index (χ2v) is 6.27. The molecule has 144 valence electrons. The fourth-order valence-corrected chi connectivity index (χ4v) is 2.75. The van der Waals surface area contributed by atoms with Crippen molar-refractivity contribution in [2.24, 2.45) is 0 Å². The van der Waals surface area contributed by atoms with Gasteiger partial charge < -0.3 is 15.4 Å². The number of nitrogens with one attached hydrogen (secondary N) is 2. The maximum absolute atomic E-state index is 11.7. The second kappa shape index (κ2) is 9.50. The van der Waals surface area contributed by atoms with Gasteiger partial charge in [-0.15, -0.1) is 0 Å². The number of aromatic nitrogens is 2. The monoisotopic (exact) mass is 376 g/mol. The zero-order chi connectivity index (χ0) is 19.8. The van der Waals surface area contributed by atoms with E-state index in [1.165, 1.54) is 5.56 Å². The number of hydrogen-bond donors (Lipinski definition) is 2. The van der Waals surface area contributed by atoms with Gasteiger partial charge in [-0.2, -0.15) is 0 Å². The Labute approximate surface area is 165 Å². The molecular formula is C22H24N4O2. The smallest absolute Gasteiger partial charge is 0.338 e. The van der Waals surface area contributed by atoms with E-state index >= 15 is 0 Å². The highest BCUT2D eigenvalue weighted by atomic mass is 16.5. The maximum atomic E-state index is 11.7. The van der Waals surface area contributed by atoms with E-state index in [9.17, 15) is 4.79 Å². The van der Waals surface area contributed by atoms with Crippen molar-refractivity contribution in [3.63, 3.8) is 0 Å². The molecule has 0 saturated heterocycles. The molecule has 0 bridgehead atoms. The van der Waals surface area contributed by atoms with Crippen molar-refractivity contribution in [2.45, 2.75) is 20.3 Å². The molecule has 2 aromatic carbocycles. The number of aryl methyl sites for hydroxylation is 1. The Morgan fingerprint density at radius 3 is 2.43 bits per heavy atom. The lowest BCUT2D eigenvalue weighted by molar-refractivity contribution is 0.0526. The van der Waals surface area contributed by atoms with Gasteiger partial charge in [0.25, 0.3) is 0 Å². The number of carbonyl (C=O) groups is 1. The SMILES string of the molecule is CCOC(=O)c1ccc(Nc2cc(NCCc3ccccc3)nc(C)n2)cc1. The van der Waals surface area contributed by atoms with Crippen molar-refractivity contribution in [3.05, 3.63) is 77.6 Å². The van der Waals surface area contributed by atoms with Crippen LogP contribution in [0.25, 0.3) is 0 Å². The summed E-state index contributed by atoms with van der Waals surface area (Å²) in [4.78, 5) is 20.6. The number of rotatable bonds is 8. The first-order chi connectivity index (χ1) is 13.6. The van der Waals surface area contributed by atoms with Gasteiger partial charge in [0.15, 0.2) is 0 Å². The van der Waals surface area contributed by atoms with Crippen LogP contribution in [0.5, 0.6) is 0 Å². The molecule has 28 heavy (non-hydrogen) atoms. The van der Waals surface area contributed by atoms with Crippen molar-refractivity contribution < 1.29 is 9.53 Å². The fourth-order valence-electron chi connectivity index (χ4n) is 2.75. The highest BCUT2D eigenvalue weighted by Crippen LogP contribution is 2.18. The van der Waals surface area contributed by atoms with Crippen molar-refractivity contribution in [1.82, 2.24) is 9.97 Å². The molecule has 0 saturated carbocycles. The molecule has 2 N–H and O–H groups in total. The predicted molar refractivity (Wildman–Crippen MR) is 111 cm³/mol. The first-order valence-corrected chi connectivity index (χ1v) is 9.31. The highest BCUT2D eigenvalue weighted by Gasteiger charge is 2.07. The third-order valence-electron chi connectivity index (χ3n) is 4.07. The molecule has 3 rings (SSSR count). The Morgan fingerprint density at radius 2 is 1.71 bits per heavy atom. The molecule has 1 heterocycles. The number of ether oxygens (including phenoxy) is 1. The van der Waals surface area contributed by atoms with Crippen molar-refractivity contribution >= 4 is 23.3 Å². The van der Waals surface area contributed by atoms with Crippen LogP contribution in [0.3, 0.4) is 0 Å². The summed E-state index contributed by atoms with van der Waals surface area (Å²) in [7, 11) is 0. The first kappa shape index (κ1) is 19.4. The van der Waals surface area contributed by atoms with Crippen LogP contribution < -0.4 is 10.6 Å². The maximum Gasteiger partial charge on any atom is 0.338 e. The molecule has 0 spiro atoms. The Hall–Kier alpha value is -3.41. The minimum atomic E-state index is -0.322. The van der Waals surface area contributed by atoms with Gasteiger partial charge in [0.1, 0.15) is 17.5 Å². The second-order valence-electron chi connectivity index (χ2n) is 6.27. The molecule has 0 atom stereocenters. The normalized spacial score (nSPS) is 10.4. The molecule has 0 aliphatic carbocycles. The quantitative estimate of drug-likeness (QED) is 0.569. The van der Waals surface area contributed by atoms with Gasteiger partial charge in [-0.1, -0.05) is 30.3 Å². The van der Waals surface area contributed by atoms with Gasteiger partial charge in [-0.25, -0.2) is 14.8 Å². The molecule has 0 unspecified atom stereocenters. The highest BCUT2D eigenvalue weighted by molar-refractivity contribution is 5.89. The molecule has 0 radical (unpaired) electrons. The number of esters is 1. The third-order valence-corrected chi connectivity index (χ3v) is 4.07. The summed E-state index contributed by atoms with van der Waals surface area (Å²) in [5.74, 6) is 1.82. The summed E-state index contributed by atoms with van der Waals surface area (Å²) >= 11 is 0. The van der Waals surface area contributed by atoms with Crippen molar-refractivity contribution in [3.8, 4) is 0 Å². The Bertz CT molecular complexity index is 912. The van der Waals surface area contributed by atoms with E-state index in [0.29, 0.717) is 23.8 Å². The Balaban J connectivity index is 1.62. The van der Waals surface area contributed by atoms with Crippen molar-refractivity contribution in [2.75, 3.05) is 23.8 Å². The molecule has 6 heteroatoms. The summed E-state index contributed by atoms with van der Waals surface area (Å²) in [6.07, 6.45) is 0.919. The van der Waals surface area contributed by atoms with E-state index < -0.39 is 0 Å². The summed E-state index contributed by atoms with van der Waals surface area (Å²) in [6, 6.07) is 19.3. The van der Waals surface area contributed by atoms with Crippen molar-refractivity contribution in [1.29, 1.82) is 0 Å². The molecule has 0 aliphatic rings. The average molecular weight is 376 g/mol. The van der Waals surface area contributed by atoms with Gasteiger partial charge in [-0.3, -0.25) is 0 Å². The molecule has 3 aromatic rings. The summed E-state index contributed by atoms with van der Waals surface area (Å²) in [5.41, 5.74) is 2.64. The molecule has 6 nitrogen and oxygen atoms in total. The van der Waals surface area contributed by atoms with Crippen LogP contribution in [0.1, 0.15) is 28.7 Å². The van der Waals surface area contributed by atoms with Crippen LogP contribution in [-0.2, 0) is 11.2 Å². The fraction of sp³-hybridized carbons (Fsp3) is 0.227. The van der Waals surface area contributed by atoms with Crippen LogP contribution >= 0.6 is 0 Å². The zero-order valence-corrected chi connectivity index (χ0v) is 16.1. The standard InChI is InChI=1S/C22H24N4O2/c1-3-28-22(27)18-9-11-19(12-10-18)26-21-15-20(24-16(2)25-21)23-14-13-17-7-5-4-6-8-17/h4-12,15H,3,13-14H2,1-2H3,(H2,23,24,25,26). The van der Waals surface area contributed by atoms with E-state index in [1.807, 2.05) is 43.3 Å². The summed E-state index contributed by atoms with van der Waals surface area (Å²) in [5, 5.41) is 6.59. The van der Waals surface area contributed by atoms with Crippen LogP contribution in [0.2, 0.25) is 0 Å². The lowest BCUT2D eigenvalue weighted by Gasteiger charge is -2.11. The Kier molecular flexibility index (Phi) is 6.57. The molecule has 0 fully saturated rings. The minimum Gasteiger partial charge on any atom is -0.462 e. The number of anilines is 3. The lowest BCUT2D eigenvalue weighted by Crippen LogP contribution is -2.08. The van der Waals surface area contributed by atoms with Gasteiger partial charge in [0.2, 0.25) is 0 Å². The largest absolute Gasteiger partial charge is 0.462 e. The van der Waals surface area contributed by atoms with E-state index in [4.69, 9.17) is 4.74 Å². The van der Waals surface area contributed by atoms with Gasteiger partial charge in [0, 0.05) is 18.3 Å². The molecule has 0 amide bonds. The average Bonchev–Trinajstić information content (AvgIpc) is 2.69. The Morgan fingerprint density at radius 1 is 1.00 bits per heavy atom. The lowest BCUT2D eigenvalue weighted by atomic mass is 10.1. The topological polar surface area (TPSA) is 76.1 Å². The number of benzene rings is 2. The van der Waals surface area contributed by atoms with E-state index in [1.54, 1.807) is 19.1 Å².